The summed E-state index contributed by atoms with van der Waals surface area (Å²) in [4.78, 5) is 12.5. The summed E-state index contributed by atoms with van der Waals surface area (Å²) in [6, 6.07) is 12.0. The van der Waals surface area contributed by atoms with Crippen molar-refractivity contribution in [2.24, 2.45) is 0 Å². The highest BCUT2D eigenvalue weighted by molar-refractivity contribution is 7.89. The van der Waals surface area contributed by atoms with E-state index in [9.17, 15) is 13.2 Å². The summed E-state index contributed by atoms with van der Waals surface area (Å²) in [5, 5.41) is 5.83. The van der Waals surface area contributed by atoms with E-state index in [0.29, 0.717) is 36.8 Å². The molecule has 0 saturated carbocycles. The summed E-state index contributed by atoms with van der Waals surface area (Å²) in [5.74, 6) is 1.01. The van der Waals surface area contributed by atoms with Crippen molar-refractivity contribution in [2.75, 3.05) is 39.2 Å². The van der Waals surface area contributed by atoms with E-state index in [0.717, 1.165) is 24.8 Å². The van der Waals surface area contributed by atoms with Gasteiger partial charge in [-0.3, -0.25) is 4.79 Å². The van der Waals surface area contributed by atoms with E-state index < -0.39 is 10.0 Å². The molecule has 0 atom stereocenters. The number of benzene rings is 2. The topological polar surface area (TPSA) is 97.0 Å². The molecule has 0 spiro atoms. The van der Waals surface area contributed by atoms with Crippen LogP contribution in [0.15, 0.2) is 47.4 Å². The maximum Gasteiger partial charge on any atom is 0.243 e. The number of anilines is 1. The Labute approximate surface area is 183 Å². The van der Waals surface area contributed by atoms with Gasteiger partial charge in [0.1, 0.15) is 0 Å². The Balaban J connectivity index is 1.55. The van der Waals surface area contributed by atoms with Crippen LogP contribution in [0, 0.1) is 0 Å². The number of rotatable bonds is 9. The summed E-state index contributed by atoms with van der Waals surface area (Å²) in [6.07, 6.45) is 2.83. The van der Waals surface area contributed by atoms with Crippen molar-refractivity contribution in [1.29, 1.82) is 0 Å². The van der Waals surface area contributed by atoms with Crippen LogP contribution in [-0.4, -0.2) is 52.5 Å². The third kappa shape index (κ3) is 5.89. The Morgan fingerprint density at radius 3 is 2.45 bits per heavy atom. The molecular weight excluding hydrogens is 418 g/mol. The van der Waals surface area contributed by atoms with Crippen LogP contribution in [0.3, 0.4) is 0 Å². The second-order valence-corrected chi connectivity index (χ2v) is 9.25. The first-order valence-corrected chi connectivity index (χ1v) is 11.7. The lowest BCUT2D eigenvalue weighted by Crippen LogP contribution is -2.35. The minimum Gasteiger partial charge on any atom is -0.493 e. The molecule has 2 aromatic rings. The second-order valence-electron chi connectivity index (χ2n) is 7.31. The fourth-order valence-electron chi connectivity index (χ4n) is 3.46. The third-order valence-corrected chi connectivity index (χ3v) is 7.07. The molecule has 1 amide bonds. The van der Waals surface area contributed by atoms with E-state index in [1.165, 1.54) is 4.31 Å². The second kappa shape index (κ2) is 10.5. The predicted octanol–water partition coefficient (Wildman–Crippen LogP) is 2.61. The van der Waals surface area contributed by atoms with Crippen LogP contribution < -0.4 is 20.1 Å². The number of amides is 1. The van der Waals surface area contributed by atoms with Crippen molar-refractivity contribution in [1.82, 2.24) is 9.62 Å². The van der Waals surface area contributed by atoms with Crippen LogP contribution >= 0.6 is 0 Å². The fourth-order valence-corrected chi connectivity index (χ4v) is 5.02. The minimum atomic E-state index is -3.51. The zero-order valence-electron chi connectivity index (χ0n) is 17.9. The SMILES string of the molecule is COc1ccc(CNC(=O)CNc2cccc(S(=O)(=O)N3CCCCC3)c2)cc1OC. The van der Waals surface area contributed by atoms with Gasteiger partial charge in [-0.05, 0) is 48.7 Å². The van der Waals surface area contributed by atoms with Crippen LogP contribution in [0.5, 0.6) is 11.5 Å². The highest BCUT2D eigenvalue weighted by Crippen LogP contribution is 2.27. The van der Waals surface area contributed by atoms with E-state index in [4.69, 9.17) is 9.47 Å². The minimum absolute atomic E-state index is 0.0283. The summed E-state index contributed by atoms with van der Waals surface area (Å²) in [7, 11) is -0.385. The van der Waals surface area contributed by atoms with Crippen molar-refractivity contribution in [3.05, 3.63) is 48.0 Å². The smallest absolute Gasteiger partial charge is 0.243 e. The quantitative estimate of drug-likeness (QED) is 0.613. The molecule has 1 heterocycles. The Bertz CT molecular complexity index is 1000. The molecule has 0 aliphatic carbocycles. The zero-order valence-corrected chi connectivity index (χ0v) is 18.7. The number of hydrogen-bond acceptors (Lipinski definition) is 6. The first-order valence-electron chi connectivity index (χ1n) is 10.3. The average Bonchev–Trinajstić information content (AvgIpc) is 2.81. The van der Waals surface area contributed by atoms with Crippen LogP contribution in [0.2, 0.25) is 0 Å². The van der Waals surface area contributed by atoms with Gasteiger partial charge in [0.2, 0.25) is 15.9 Å². The van der Waals surface area contributed by atoms with Crippen molar-refractivity contribution in [3.63, 3.8) is 0 Å². The average molecular weight is 448 g/mol. The number of carbonyl (C=O) groups is 1. The summed E-state index contributed by atoms with van der Waals surface area (Å²) < 4.78 is 37.7. The fraction of sp³-hybridized carbons (Fsp3) is 0.409. The van der Waals surface area contributed by atoms with Gasteiger partial charge in [-0.25, -0.2) is 8.42 Å². The molecule has 0 bridgehead atoms. The van der Waals surface area contributed by atoms with Gasteiger partial charge in [0.25, 0.3) is 0 Å². The van der Waals surface area contributed by atoms with E-state index in [1.54, 1.807) is 44.6 Å². The standard InChI is InChI=1S/C22H29N3O5S/c1-29-20-10-9-17(13-21(20)30-2)15-24-22(26)16-23-18-7-6-8-19(14-18)31(27,28)25-11-4-3-5-12-25/h6-10,13-14,23H,3-5,11-12,15-16H2,1-2H3,(H,24,26). The lowest BCUT2D eigenvalue weighted by molar-refractivity contribution is -0.119. The van der Waals surface area contributed by atoms with Crippen LogP contribution in [0.1, 0.15) is 24.8 Å². The number of methoxy groups -OCH3 is 2. The Hall–Kier alpha value is -2.78. The molecule has 8 nitrogen and oxygen atoms in total. The Morgan fingerprint density at radius 2 is 1.74 bits per heavy atom. The molecule has 1 saturated heterocycles. The molecule has 9 heteroatoms. The highest BCUT2D eigenvalue weighted by Gasteiger charge is 2.26. The van der Waals surface area contributed by atoms with Crippen molar-refractivity contribution in [2.45, 2.75) is 30.7 Å². The van der Waals surface area contributed by atoms with Gasteiger partial charge in [0.05, 0.1) is 25.7 Å². The summed E-state index contributed by atoms with van der Waals surface area (Å²) in [5.41, 5.74) is 1.46. The van der Waals surface area contributed by atoms with Crippen molar-refractivity contribution >= 4 is 21.6 Å². The number of nitrogens with zero attached hydrogens (tertiary/aromatic N) is 1. The van der Waals surface area contributed by atoms with Crippen molar-refractivity contribution < 1.29 is 22.7 Å². The number of nitrogens with one attached hydrogen (secondary N) is 2. The van der Waals surface area contributed by atoms with Crippen LogP contribution in [0.25, 0.3) is 0 Å². The first kappa shape index (κ1) is 22.9. The van der Waals surface area contributed by atoms with Gasteiger partial charge in [-0.2, -0.15) is 4.31 Å². The van der Waals surface area contributed by atoms with E-state index in [1.807, 2.05) is 12.1 Å². The lowest BCUT2D eigenvalue weighted by atomic mass is 10.2. The van der Waals surface area contributed by atoms with Gasteiger partial charge in [-0.1, -0.05) is 18.6 Å². The molecule has 0 radical (unpaired) electrons. The molecule has 3 rings (SSSR count). The molecule has 1 aliphatic rings. The number of carbonyl (C=O) groups excluding carboxylic acids is 1. The molecule has 31 heavy (non-hydrogen) atoms. The largest absolute Gasteiger partial charge is 0.493 e. The molecule has 0 unspecified atom stereocenters. The van der Waals surface area contributed by atoms with Gasteiger partial charge in [-0.15, -0.1) is 0 Å². The normalized spacial score (nSPS) is 14.6. The van der Waals surface area contributed by atoms with Gasteiger partial charge in [0.15, 0.2) is 11.5 Å². The number of hydrogen-bond donors (Lipinski definition) is 2. The third-order valence-electron chi connectivity index (χ3n) is 5.18. The summed E-state index contributed by atoms with van der Waals surface area (Å²) >= 11 is 0. The summed E-state index contributed by atoms with van der Waals surface area (Å²) in [6.45, 7) is 1.47. The van der Waals surface area contributed by atoms with Crippen LogP contribution in [-0.2, 0) is 21.4 Å². The van der Waals surface area contributed by atoms with E-state index >= 15 is 0 Å². The monoisotopic (exact) mass is 447 g/mol. The van der Waals surface area contributed by atoms with Gasteiger partial charge < -0.3 is 20.1 Å². The van der Waals surface area contributed by atoms with Crippen LogP contribution in [0.4, 0.5) is 5.69 Å². The molecule has 1 aliphatic heterocycles. The lowest BCUT2D eigenvalue weighted by Gasteiger charge is -2.26. The zero-order chi connectivity index (χ0) is 22.3. The van der Waals surface area contributed by atoms with Gasteiger partial charge in [0, 0.05) is 25.3 Å². The molecule has 2 N–H and O–H groups in total. The maximum absolute atomic E-state index is 12.8. The Kier molecular flexibility index (Phi) is 7.75. The molecule has 0 aromatic heterocycles. The van der Waals surface area contributed by atoms with Gasteiger partial charge >= 0.3 is 0 Å². The number of ether oxygens (including phenoxy) is 2. The van der Waals surface area contributed by atoms with E-state index in [2.05, 4.69) is 10.6 Å². The van der Waals surface area contributed by atoms with E-state index in [-0.39, 0.29) is 17.3 Å². The highest BCUT2D eigenvalue weighted by atomic mass is 32.2. The predicted molar refractivity (Wildman–Crippen MR) is 119 cm³/mol. The molecule has 1 fully saturated rings. The Morgan fingerprint density at radius 1 is 1.00 bits per heavy atom. The molecular formula is C22H29N3O5S. The number of piperidine rings is 1. The van der Waals surface area contributed by atoms with Crippen molar-refractivity contribution in [3.8, 4) is 11.5 Å². The molecule has 168 valence electrons. The maximum atomic E-state index is 12.8. The molecule has 2 aromatic carbocycles. The number of sulfonamides is 1. The first-order chi connectivity index (χ1) is 14.9.